The third kappa shape index (κ3) is 3.27. The highest BCUT2D eigenvalue weighted by Gasteiger charge is 2.22. The fourth-order valence-corrected chi connectivity index (χ4v) is 2.56. The molecule has 7 nitrogen and oxygen atoms in total. The van der Waals surface area contributed by atoms with E-state index < -0.39 is 23.5 Å². The second-order valence-electron chi connectivity index (χ2n) is 4.54. The molecule has 0 aliphatic rings. The number of carbonyl (C=O) groups excluding carboxylic acids is 1. The second kappa shape index (κ2) is 6.49. The molecule has 0 spiro atoms. The minimum atomic E-state index is -1.11. The van der Waals surface area contributed by atoms with Gasteiger partial charge in [0.25, 0.3) is 11.5 Å². The number of amides is 1. The molecule has 2 N–H and O–H groups in total. The van der Waals surface area contributed by atoms with E-state index >= 15 is 0 Å². The molecular weight excluding hydrogens is 294 g/mol. The Morgan fingerprint density at radius 2 is 2.29 bits per heavy atom. The summed E-state index contributed by atoms with van der Waals surface area (Å²) in [5, 5.41) is 13.2. The van der Waals surface area contributed by atoms with Crippen LogP contribution in [0.2, 0.25) is 0 Å². The molecule has 2 aromatic rings. The van der Waals surface area contributed by atoms with Crippen LogP contribution in [0.1, 0.15) is 36.5 Å². The molecule has 0 radical (unpaired) electrons. The van der Waals surface area contributed by atoms with Gasteiger partial charge in [-0.15, -0.1) is 11.3 Å². The van der Waals surface area contributed by atoms with Gasteiger partial charge in [-0.2, -0.15) is 0 Å². The Hall–Kier alpha value is -2.22. The normalized spacial score (nSPS) is 12.2. The van der Waals surface area contributed by atoms with Crippen LogP contribution < -0.4 is 10.9 Å². The van der Waals surface area contributed by atoms with E-state index in [1.165, 1.54) is 28.1 Å². The lowest BCUT2D eigenvalue weighted by molar-refractivity contribution is -0.139. The number of thiazole rings is 1. The number of carboxylic acids is 1. The smallest absolute Gasteiger partial charge is 0.326 e. The lowest BCUT2D eigenvalue weighted by Gasteiger charge is -2.13. The van der Waals surface area contributed by atoms with Crippen LogP contribution in [0.25, 0.3) is 4.96 Å². The Kier molecular flexibility index (Phi) is 4.69. The molecule has 0 fully saturated rings. The molecule has 0 saturated heterocycles. The third-order valence-electron chi connectivity index (χ3n) is 3.04. The molecule has 2 aromatic heterocycles. The number of aromatic nitrogens is 2. The number of nitrogens with one attached hydrogen (secondary N) is 1. The minimum Gasteiger partial charge on any atom is -0.480 e. The molecule has 1 amide bonds. The summed E-state index contributed by atoms with van der Waals surface area (Å²) >= 11 is 1.28. The van der Waals surface area contributed by atoms with E-state index in [0.717, 1.165) is 6.42 Å². The number of hydrogen-bond donors (Lipinski definition) is 2. The van der Waals surface area contributed by atoms with Gasteiger partial charge in [-0.05, 0) is 6.42 Å². The zero-order chi connectivity index (χ0) is 15.4. The van der Waals surface area contributed by atoms with Gasteiger partial charge in [-0.1, -0.05) is 19.8 Å². The van der Waals surface area contributed by atoms with Crippen LogP contribution in [0.3, 0.4) is 0 Å². The summed E-state index contributed by atoms with van der Waals surface area (Å²) in [6.07, 6.45) is 4.54. The molecule has 0 saturated carbocycles. The van der Waals surface area contributed by atoms with Crippen molar-refractivity contribution in [2.24, 2.45) is 0 Å². The standard InChI is InChI=1S/C13H15N3O4S/c1-2-3-4-9(12(19)20)15-10(17)8-7-14-13-16(11(8)18)5-6-21-13/h5-7,9H,2-4H2,1H3,(H,15,17)(H,19,20). The van der Waals surface area contributed by atoms with Crippen LogP contribution >= 0.6 is 11.3 Å². The average molecular weight is 309 g/mol. The molecule has 21 heavy (non-hydrogen) atoms. The van der Waals surface area contributed by atoms with Gasteiger partial charge in [0, 0.05) is 17.8 Å². The number of aliphatic carboxylic acids is 1. The molecule has 2 rings (SSSR count). The quantitative estimate of drug-likeness (QED) is 0.833. The van der Waals surface area contributed by atoms with Crippen molar-refractivity contribution in [3.63, 3.8) is 0 Å². The van der Waals surface area contributed by atoms with Crippen molar-refractivity contribution in [2.75, 3.05) is 0 Å². The Bertz CT molecular complexity index is 722. The van der Waals surface area contributed by atoms with E-state index in [0.29, 0.717) is 17.8 Å². The second-order valence-corrected chi connectivity index (χ2v) is 5.41. The lowest BCUT2D eigenvalue weighted by Crippen LogP contribution is -2.42. The van der Waals surface area contributed by atoms with Crippen molar-refractivity contribution < 1.29 is 14.7 Å². The first-order chi connectivity index (χ1) is 10.0. The zero-order valence-electron chi connectivity index (χ0n) is 11.4. The first-order valence-corrected chi connectivity index (χ1v) is 7.41. The van der Waals surface area contributed by atoms with Crippen LogP contribution in [0.15, 0.2) is 22.6 Å². The summed E-state index contributed by atoms with van der Waals surface area (Å²) in [7, 11) is 0. The fraction of sp³-hybridized carbons (Fsp3) is 0.385. The first kappa shape index (κ1) is 15.2. The number of carbonyl (C=O) groups is 2. The van der Waals surface area contributed by atoms with E-state index in [9.17, 15) is 14.4 Å². The summed E-state index contributed by atoms with van der Waals surface area (Å²) in [6.45, 7) is 1.93. The van der Waals surface area contributed by atoms with E-state index in [2.05, 4.69) is 10.3 Å². The maximum absolute atomic E-state index is 12.1. The van der Waals surface area contributed by atoms with Gasteiger partial charge >= 0.3 is 5.97 Å². The van der Waals surface area contributed by atoms with Crippen molar-refractivity contribution >= 4 is 28.2 Å². The van der Waals surface area contributed by atoms with Crippen LogP contribution in [0.4, 0.5) is 0 Å². The molecule has 0 aliphatic heterocycles. The predicted octanol–water partition coefficient (Wildman–Crippen LogP) is 1.13. The van der Waals surface area contributed by atoms with Gasteiger partial charge in [0.2, 0.25) is 0 Å². The summed E-state index contributed by atoms with van der Waals surface area (Å²) in [5.41, 5.74) is -0.660. The third-order valence-corrected chi connectivity index (χ3v) is 3.81. The average Bonchev–Trinajstić information content (AvgIpc) is 2.92. The number of hydrogen-bond acceptors (Lipinski definition) is 5. The Labute approximate surface area is 124 Å². The maximum Gasteiger partial charge on any atom is 0.326 e. The number of nitrogens with zero attached hydrogens (tertiary/aromatic N) is 2. The Morgan fingerprint density at radius 1 is 1.52 bits per heavy atom. The van der Waals surface area contributed by atoms with Crippen LogP contribution in [0.5, 0.6) is 0 Å². The number of fused-ring (bicyclic) bond motifs is 1. The molecule has 0 aliphatic carbocycles. The molecule has 112 valence electrons. The Balaban J connectivity index is 2.23. The number of carboxylic acid groups (broad SMARTS) is 1. The predicted molar refractivity (Wildman–Crippen MR) is 77.8 cm³/mol. The summed E-state index contributed by atoms with van der Waals surface area (Å²) in [5.74, 6) is -1.82. The zero-order valence-corrected chi connectivity index (χ0v) is 12.2. The van der Waals surface area contributed by atoms with Gasteiger partial charge in [0.1, 0.15) is 11.6 Å². The summed E-state index contributed by atoms with van der Waals surface area (Å²) in [6, 6.07) is -1.000. The molecule has 1 atom stereocenters. The Morgan fingerprint density at radius 3 is 2.95 bits per heavy atom. The van der Waals surface area contributed by atoms with Crippen LogP contribution in [0, 0.1) is 0 Å². The highest BCUT2D eigenvalue weighted by molar-refractivity contribution is 7.15. The van der Waals surface area contributed by atoms with Crippen molar-refractivity contribution in [1.82, 2.24) is 14.7 Å². The highest BCUT2D eigenvalue weighted by Crippen LogP contribution is 2.06. The minimum absolute atomic E-state index is 0.159. The molecule has 0 aromatic carbocycles. The van der Waals surface area contributed by atoms with Gasteiger partial charge in [-0.3, -0.25) is 14.0 Å². The maximum atomic E-state index is 12.1. The van der Waals surface area contributed by atoms with E-state index in [4.69, 9.17) is 5.11 Å². The lowest BCUT2D eigenvalue weighted by atomic mass is 10.1. The first-order valence-electron chi connectivity index (χ1n) is 6.53. The van der Waals surface area contributed by atoms with Crippen molar-refractivity contribution in [3.8, 4) is 0 Å². The van der Waals surface area contributed by atoms with E-state index in [1.807, 2.05) is 6.92 Å². The van der Waals surface area contributed by atoms with E-state index in [-0.39, 0.29) is 5.56 Å². The monoisotopic (exact) mass is 309 g/mol. The summed E-state index contributed by atoms with van der Waals surface area (Å²) < 4.78 is 1.27. The van der Waals surface area contributed by atoms with Crippen LogP contribution in [-0.2, 0) is 4.79 Å². The summed E-state index contributed by atoms with van der Waals surface area (Å²) in [4.78, 5) is 39.8. The topological polar surface area (TPSA) is 101 Å². The molecule has 1 unspecified atom stereocenters. The van der Waals surface area contributed by atoms with Gasteiger partial charge in [-0.25, -0.2) is 9.78 Å². The SMILES string of the molecule is CCCCC(NC(=O)c1cnc2sccn2c1=O)C(=O)O. The van der Waals surface area contributed by atoms with Gasteiger partial charge in [0.15, 0.2) is 4.96 Å². The van der Waals surface area contributed by atoms with Gasteiger partial charge in [0.05, 0.1) is 0 Å². The number of unbranched alkanes of at least 4 members (excludes halogenated alkanes) is 1. The molecule has 0 bridgehead atoms. The van der Waals surface area contributed by atoms with Crippen molar-refractivity contribution in [3.05, 3.63) is 33.7 Å². The van der Waals surface area contributed by atoms with Crippen LogP contribution in [-0.4, -0.2) is 32.4 Å². The van der Waals surface area contributed by atoms with E-state index in [1.54, 1.807) is 5.38 Å². The highest BCUT2D eigenvalue weighted by atomic mass is 32.1. The number of rotatable bonds is 6. The fourth-order valence-electron chi connectivity index (χ4n) is 1.88. The molecule has 8 heteroatoms. The van der Waals surface area contributed by atoms with Gasteiger partial charge < -0.3 is 10.4 Å². The van der Waals surface area contributed by atoms with Crippen molar-refractivity contribution in [1.29, 1.82) is 0 Å². The molecule has 2 heterocycles. The molecular formula is C13H15N3O4S. The van der Waals surface area contributed by atoms with Crippen molar-refractivity contribution in [2.45, 2.75) is 32.2 Å². The largest absolute Gasteiger partial charge is 0.480 e.